The highest BCUT2D eigenvalue weighted by atomic mass is 16.6. The van der Waals surface area contributed by atoms with Crippen molar-refractivity contribution in [3.8, 4) is 0 Å². The molecule has 1 aliphatic rings. The topological polar surface area (TPSA) is 85.4 Å². The van der Waals surface area contributed by atoms with Gasteiger partial charge in [-0.3, -0.25) is 0 Å². The van der Waals surface area contributed by atoms with Gasteiger partial charge in [0.15, 0.2) is 6.04 Å². The lowest BCUT2D eigenvalue weighted by Gasteiger charge is -2.40. The first-order valence-electron chi connectivity index (χ1n) is 10.2. The first-order chi connectivity index (χ1) is 15.1. The lowest BCUT2D eigenvalue weighted by Crippen LogP contribution is -2.60. The number of esters is 1. The lowest BCUT2D eigenvalue weighted by molar-refractivity contribution is -0.159. The lowest BCUT2D eigenvalue weighted by atomic mass is 10.1. The molecule has 0 saturated carbocycles. The zero-order valence-corrected chi connectivity index (χ0v) is 17.4. The number of hydrazine groups is 1. The van der Waals surface area contributed by atoms with Crippen molar-refractivity contribution in [2.75, 3.05) is 13.2 Å². The summed E-state index contributed by atoms with van der Waals surface area (Å²) < 4.78 is 15.9. The van der Waals surface area contributed by atoms with Gasteiger partial charge in [-0.05, 0) is 30.9 Å². The highest BCUT2D eigenvalue weighted by Crippen LogP contribution is 2.22. The van der Waals surface area contributed by atoms with Gasteiger partial charge in [-0.1, -0.05) is 60.7 Å². The van der Waals surface area contributed by atoms with Crippen LogP contribution in [0.25, 0.3) is 0 Å². The van der Waals surface area contributed by atoms with Gasteiger partial charge in [-0.25, -0.2) is 19.4 Å². The van der Waals surface area contributed by atoms with Gasteiger partial charge >= 0.3 is 18.2 Å². The minimum atomic E-state index is -0.957. The maximum atomic E-state index is 12.9. The zero-order chi connectivity index (χ0) is 22.1. The molecule has 0 spiro atoms. The fourth-order valence-electron chi connectivity index (χ4n) is 3.27. The summed E-state index contributed by atoms with van der Waals surface area (Å²) in [5, 5.41) is 2.15. The molecule has 164 valence electrons. The van der Waals surface area contributed by atoms with Crippen molar-refractivity contribution >= 4 is 18.2 Å². The molecule has 1 fully saturated rings. The van der Waals surface area contributed by atoms with Crippen molar-refractivity contribution in [1.29, 1.82) is 0 Å². The van der Waals surface area contributed by atoms with E-state index in [1.165, 1.54) is 0 Å². The van der Waals surface area contributed by atoms with E-state index in [2.05, 4.69) is 0 Å². The van der Waals surface area contributed by atoms with Crippen molar-refractivity contribution in [2.24, 2.45) is 0 Å². The zero-order valence-electron chi connectivity index (χ0n) is 17.4. The molecule has 0 aromatic heterocycles. The minimum absolute atomic E-state index is 0.0125. The van der Waals surface area contributed by atoms with Crippen LogP contribution in [0.3, 0.4) is 0 Å². The fourth-order valence-corrected chi connectivity index (χ4v) is 3.27. The molecule has 0 N–H and O–H groups in total. The Bertz CT molecular complexity index is 874. The van der Waals surface area contributed by atoms with Crippen molar-refractivity contribution in [3.63, 3.8) is 0 Å². The van der Waals surface area contributed by atoms with E-state index >= 15 is 0 Å². The number of ether oxygens (including phenoxy) is 3. The van der Waals surface area contributed by atoms with Gasteiger partial charge < -0.3 is 14.2 Å². The summed E-state index contributed by atoms with van der Waals surface area (Å²) >= 11 is 0. The van der Waals surface area contributed by atoms with E-state index < -0.39 is 24.2 Å². The predicted molar refractivity (Wildman–Crippen MR) is 111 cm³/mol. The van der Waals surface area contributed by atoms with Crippen molar-refractivity contribution in [2.45, 2.75) is 39.0 Å². The maximum Gasteiger partial charge on any atom is 0.430 e. The Morgan fingerprint density at radius 1 is 0.839 bits per heavy atom. The average Bonchev–Trinajstić information content (AvgIpc) is 2.82. The molecule has 0 aliphatic carbocycles. The van der Waals surface area contributed by atoms with Gasteiger partial charge in [-0.15, -0.1) is 0 Å². The third-order valence-corrected chi connectivity index (χ3v) is 4.77. The molecule has 8 heteroatoms. The molecular weight excluding hydrogens is 400 g/mol. The second kappa shape index (κ2) is 11.0. The van der Waals surface area contributed by atoms with Crippen LogP contribution in [0.5, 0.6) is 0 Å². The first-order valence-corrected chi connectivity index (χ1v) is 10.2. The fraction of sp³-hybridized carbons (Fsp3) is 0.348. The Kier molecular flexibility index (Phi) is 7.86. The monoisotopic (exact) mass is 426 g/mol. The molecule has 2 amide bonds. The summed E-state index contributed by atoms with van der Waals surface area (Å²) in [6, 6.07) is 17.4. The van der Waals surface area contributed by atoms with Crippen LogP contribution in [0.15, 0.2) is 60.7 Å². The highest BCUT2D eigenvalue weighted by Gasteiger charge is 2.42. The van der Waals surface area contributed by atoms with Crippen LogP contribution in [0.2, 0.25) is 0 Å². The molecule has 1 aliphatic heterocycles. The van der Waals surface area contributed by atoms with Crippen molar-refractivity contribution in [3.05, 3.63) is 71.8 Å². The maximum absolute atomic E-state index is 12.9. The summed E-state index contributed by atoms with van der Waals surface area (Å²) in [6.07, 6.45) is -0.651. The molecule has 3 rings (SSSR count). The van der Waals surface area contributed by atoms with E-state index in [1.54, 1.807) is 6.92 Å². The number of carbonyl (C=O) groups excluding carboxylic acids is 3. The summed E-state index contributed by atoms with van der Waals surface area (Å²) in [7, 11) is 0. The van der Waals surface area contributed by atoms with Crippen LogP contribution in [0.1, 0.15) is 30.9 Å². The van der Waals surface area contributed by atoms with Gasteiger partial charge in [0.25, 0.3) is 0 Å². The van der Waals surface area contributed by atoms with Crippen LogP contribution in [0.4, 0.5) is 9.59 Å². The van der Waals surface area contributed by atoms with Crippen LogP contribution in [-0.4, -0.2) is 47.4 Å². The van der Waals surface area contributed by atoms with Crippen LogP contribution in [0, 0.1) is 0 Å². The molecule has 0 unspecified atom stereocenters. The Hall–Kier alpha value is -3.55. The molecule has 1 heterocycles. The summed E-state index contributed by atoms with van der Waals surface area (Å²) in [4.78, 5) is 38.2. The quantitative estimate of drug-likeness (QED) is 0.514. The average molecular weight is 426 g/mol. The number of carbonyl (C=O) groups is 3. The molecular formula is C23H26N2O6. The van der Waals surface area contributed by atoms with E-state index in [0.717, 1.165) is 21.1 Å². The normalized spacial score (nSPS) is 15.8. The Morgan fingerprint density at radius 3 is 1.94 bits per heavy atom. The van der Waals surface area contributed by atoms with Crippen molar-refractivity contribution < 1.29 is 28.6 Å². The number of amides is 2. The van der Waals surface area contributed by atoms with Crippen LogP contribution < -0.4 is 0 Å². The van der Waals surface area contributed by atoms with E-state index in [9.17, 15) is 14.4 Å². The Morgan fingerprint density at radius 2 is 1.39 bits per heavy atom. The Balaban J connectivity index is 1.73. The number of nitrogens with zero attached hydrogens (tertiary/aromatic N) is 2. The highest BCUT2D eigenvalue weighted by molar-refractivity contribution is 5.83. The van der Waals surface area contributed by atoms with Crippen molar-refractivity contribution in [1.82, 2.24) is 10.0 Å². The van der Waals surface area contributed by atoms with Crippen LogP contribution in [-0.2, 0) is 32.2 Å². The van der Waals surface area contributed by atoms with Gasteiger partial charge in [0.2, 0.25) is 0 Å². The van der Waals surface area contributed by atoms with E-state index in [1.807, 2.05) is 60.7 Å². The summed E-state index contributed by atoms with van der Waals surface area (Å²) in [5.74, 6) is -0.584. The van der Waals surface area contributed by atoms with Gasteiger partial charge in [0.05, 0.1) is 6.61 Å². The molecule has 8 nitrogen and oxygen atoms in total. The van der Waals surface area contributed by atoms with E-state index in [-0.39, 0.29) is 26.4 Å². The molecule has 2 aromatic carbocycles. The number of hydrogen-bond donors (Lipinski definition) is 0. The number of benzene rings is 2. The standard InChI is InChI=1S/C23H26N2O6/c1-2-29-21(26)20-14-9-15-24(22(27)30-16-18-10-5-3-6-11-18)25(20)23(28)31-17-19-12-7-4-8-13-19/h3-8,10-13,20H,2,9,14-17H2,1H3/t20-/m0/s1. The number of hydrogen-bond acceptors (Lipinski definition) is 6. The summed E-state index contributed by atoms with van der Waals surface area (Å²) in [5.41, 5.74) is 1.60. The first kappa shape index (κ1) is 22.1. The summed E-state index contributed by atoms with van der Waals surface area (Å²) in [6.45, 7) is 2.14. The molecule has 31 heavy (non-hydrogen) atoms. The minimum Gasteiger partial charge on any atom is -0.464 e. The molecule has 2 aromatic rings. The third kappa shape index (κ3) is 5.97. The van der Waals surface area contributed by atoms with E-state index in [4.69, 9.17) is 14.2 Å². The molecule has 1 saturated heterocycles. The van der Waals surface area contributed by atoms with Crippen LogP contribution >= 0.6 is 0 Å². The predicted octanol–water partition coefficient (Wildman–Crippen LogP) is 3.90. The largest absolute Gasteiger partial charge is 0.464 e. The number of rotatable bonds is 6. The van der Waals surface area contributed by atoms with Gasteiger partial charge in [0.1, 0.15) is 13.2 Å². The SMILES string of the molecule is CCOC(=O)[C@@H]1CCCN(C(=O)OCc2ccccc2)N1C(=O)OCc1ccccc1. The molecule has 1 atom stereocenters. The second-order valence-electron chi connectivity index (χ2n) is 6.96. The second-order valence-corrected chi connectivity index (χ2v) is 6.96. The Labute approximate surface area is 181 Å². The van der Waals surface area contributed by atoms with E-state index in [0.29, 0.717) is 12.8 Å². The smallest absolute Gasteiger partial charge is 0.430 e. The van der Waals surface area contributed by atoms with Gasteiger partial charge in [0, 0.05) is 6.54 Å². The van der Waals surface area contributed by atoms with Gasteiger partial charge in [-0.2, -0.15) is 5.01 Å². The molecule has 0 bridgehead atoms. The third-order valence-electron chi connectivity index (χ3n) is 4.77. The molecule has 0 radical (unpaired) electrons.